The molecule has 0 saturated carbocycles. The third-order valence-electron chi connectivity index (χ3n) is 4.59. The fourth-order valence-electron chi connectivity index (χ4n) is 3.02. The van der Waals surface area contributed by atoms with Crippen molar-refractivity contribution in [3.63, 3.8) is 0 Å². The number of amides is 1. The Labute approximate surface area is 172 Å². The normalized spacial score (nSPS) is 13.2. The SMILES string of the molecule is COC(=O)C(Cc1c[nH]c2ccccc12)NC(=O)c1coc(C(N)CCSC)n1. The molecule has 2 unspecified atom stereocenters. The lowest BCUT2D eigenvalue weighted by atomic mass is 10.0. The summed E-state index contributed by atoms with van der Waals surface area (Å²) in [6, 6.07) is 6.50. The summed E-state index contributed by atoms with van der Waals surface area (Å²) in [6.07, 6.45) is 6.03. The molecule has 0 spiro atoms. The first-order chi connectivity index (χ1) is 14.0. The van der Waals surface area contributed by atoms with Crippen LogP contribution in [0.1, 0.15) is 34.4 Å². The highest BCUT2D eigenvalue weighted by molar-refractivity contribution is 7.98. The monoisotopic (exact) mass is 416 g/mol. The van der Waals surface area contributed by atoms with Crippen molar-refractivity contribution in [3.05, 3.63) is 53.9 Å². The lowest BCUT2D eigenvalue weighted by Crippen LogP contribution is -2.43. The minimum absolute atomic E-state index is 0.0763. The quantitative estimate of drug-likeness (QED) is 0.458. The number of esters is 1. The number of hydrogen-bond acceptors (Lipinski definition) is 7. The molecule has 2 aromatic heterocycles. The van der Waals surface area contributed by atoms with Crippen molar-refractivity contribution >= 4 is 34.5 Å². The second-order valence-corrected chi connectivity index (χ2v) is 7.56. The van der Waals surface area contributed by atoms with Crippen LogP contribution in [-0.2, 0) is 16.0 Å². The van der Waals surface area contributed by atoms with Gasteiger partial charge in [-0.1, -0.05) is 18.2 Å². The number of methoxy groups -OCH3 is 1. The van der Waals surface area contributed by atoms with Crippen LogP contribution < -0.4 is 11.1 Å². The maximum absolute atomic E-state index is 12.6. The summed E-state index contributed by atoms with van der Waals surface area (Å²) in [5, 5.41) is 3.67. The van der Waals surface area contributed by atoms with Gasteiger partial charge < -0.3 is 25.2 Å². The number of nitrogens with one attached hydrogen (secondary N) is 2. The number of nitrogens with zero attached hydrogens (tertiary/aromatic N) is 1. The number of hydrogen-bond donors (Lipinski definition) is 3. The fourth-order valence-corrected chi connectivity index (χ4v) is 3.51. The van der Waals surface area contributed by atoms with Gasteiger partial charge in [-0.15, -0.1) is 0 Å². The van der Waals surface area contributed by atoms with E-state index in [1.165, 1.54) is 13.4 Å². The van der Waals surface area contributed by atoms with E-state index in [0.717, 1.165) is 22.2 Å². The Bertz CT molecular complexity index is 984. The Morgan fingerprint density at radius 3 is 2.93 bits per heavy atom. The van der Waals surface area contributed by atoms with E-state index in [4.69, 9.17) is 14.9 Å². The Morgan fingerprint density at radius 1 is 1.38 bits per heavy atom. The summed E-state index contributed by atoms with van der Waals surface area (Å²) in [4.78, 5) is 32.2. The number of carbonyl (C=O) groups excluding carboxylic acids is 2. The standard InChI is InChI=1S/C20H24N4O4S/c1-27-20(26)16(9-12-10-22-15-6-4-3-5-13(12)15)23-18(25)17-11-28-19(24-17)14(21)7-8-29-2/h3-6,10-11,14,16,22H,7-9,21H2,1-2H3,(H,23,25). The number of thioether (sulfide) groups is 1. The zero-order valence-corrected chi connectivity index (χ0v) is 17.1. The summed E-state index contributed by atoms with van der Waals surface area (Å²) >= 11 is 1.67. The molecule has 1 aromatic carbocycles. The Kier molecular flexibility index (Phi) is 6.95. The third kappa shape index (κ3) is 4.99. The van der Waals surface area contributed by atoms with Crippen LogP contribution in [-0.4, -0.2) is 47.0 Å². The molecule has 0 fully saturated rings. The lowest BCUT2D eigenvalue weighted by molar-refractivity contribution is -0.142. The van der Waals surface area contributed by atoms with E-state index in [-0.39, 0.29) is 18.2 Å². The van der Waals surface area contributed by atoms with Gasteiger partial charge in [-0.3, -0.25) is 4.79 Å². The van der Waals surface area contributed by atoms with Crippen molar-refractivity contribution in [2.24, 2.45) is 5.73 Å². The number of aromatic amines is 1. The highest BCUT2D eigenvalue weighted by atomic mass is 32.2. The number of oxazole rings is 1. The highest BCUT2D eigenvalue weighted by Crippen LogP contribution is 2.20. The van der Waals surface area contributed by atoms with Crippen LogP contribution in [0.2, 0.25) is 0 Å². The van der Waals surface area contributed by atoms with Crippen LogP contribution in [0.15, 0.2) is 41.1 Å². The summed E-state index contributed by atoms with van der Waals surface area (Å²) in [7, 11) is 1.29. The van der Waals surface area contributed by atoms with Crippen molar-refractivity contribution in [2.45, 2.75) is 24.9 Å². The van der Waals surface area contributed by atoms with Crippen LogP contribution in [0.4, 0.5) is 0 Å². The number of carbonyl (C=O) groups is 2. The fraction of sp³-hybridized carbons (Fsp3) is 0.350. The van der Waals surface area contributed by atoms with Gasteiger partial charge in [0.25, 0.3) is 5.91 Å². The van der Waals surface area contributed by atoms with Gasteiger partial charge in [-0.05, 0) is 30.1 Å². The first-order valence-electron chi connectivity index (χ1n) is 9.17. The molecule has 2 heterocycles. The maximum Gasteiger partial charge on any atom is 0.328 e. The van der Waals surface area contributed by atoms with E-state index >= 15 is 0 Å². The lowest BCUT2D eigenvalue weighted by Gasteiger charge is -2.15. The smallest absolute Gasteiger partial charge is 0.328 e. The maximum atomic E-state index is 12.6. The van der Waals surface area contributed by atoms with Crippen molar-refractivity contribution in [3.8, 4) is 0 Å². The minimum Gasteiger partial charge on any atom is -0.467 e. The van der Waals surface area contributed by atoms with Crippen LogP contribution in [0.25, 0.3) is 10.9 Å². The molecule has 1 amide bonds. The molecule has 0 aliphatic heterocycles. The first kappa shape index (κ1) is 20.9. The summed E-state index contributed by atoms with van der Waals surface area (Å²) in [6.45, 7) is 0. The molecule has 29 heavy (non-hydrogen) atoms. The predicted molar refractivity (Wildman–Crippen MR) is 112 cm³/mol. The Hall–Kier alpha value is -2.78. The average Bonchev–Trinajstić information content (AvgIpc) is 3.39. The highest BCUT2D eigenvalue weighted by Gasteiger charge is 2.26. The Balaban J connectivity index is 1.73. The minimum atomic E-state index is -0.864. The number of fused-ring (bicyclic) bond motifs is 1. The largest absolute Gasteiger partial charge is 0.467 e. The van der Waals surface area contributed by atoms with E-state index in [9.17, 15) is 9.59 Å². The second kappa shape index (κ2) is 9.62. The first-order valence-corrected chi connectivity index (χ1v) is 10.6. The van der Waals surface area contributed by atoms with E-state index in [1.807, 2.05) is 36.7 Å². The predicted octanol–water partition coefficient (Wildman–Crippen LogP) is 2.42. The van der Waals surface area contributed by atoms with Crippen LogP contribution in [0, 0.1) is 0 Å². The number of benzene rings is 1. The van der Waals surface area contributed by atoms with Crippen molar-refractivity contribution in [1.29, 1.82) is 0 Å². The summed E-state index contributed by atoms with van der Waals surface area (Å²) in [5.74, 6) is 0.104. The van der Waals surface area contributed by atoms with Gasteiger partial charge in [0.15, 0.2) is 5.69 Å². The van der Waals surface area contributed by atoms with Gasteiger partial charge in [0.1, 0.15) is 12.3 Å². The van der Waals surface area contributed by atoms with Crippen LogP contribution >= 0.6 is 11.8 Å². The molecule has 3 rings (SSSR count). The molecule has 8 nitrogen and oxygen atoms in total. The molecule has 154 valence electrons. The second-order valence-electron chi connectivity index (χ2n) is 6.57. The number of para-hydroxylation sites is 1. The zero-order valence-electron chi connectivity index (χ0n) is 16.3. The molecule has 0 radical (unpaired) electrons. The molecular formula is C20H24N4O4S. The van der Waals surface area contributed by atoms with E-state index in [1.54, 1.807) is 11.8 Å². The van der Waals surface area contributed by atoms with Gasteiger partial charge in [0, 0.05) is 23.5 Å². The van der Waals surface area contributed by atoms with Gasteiger partial charge in [0.05, 0.1) is 13.2 Å². The topological polar surface area (TPSA) is 123 Å². The van der Waals surface area contributed by atoms with Crippen LogP contribution in [0.3, 0.4) is 0 Å². The van der Waals surface area contributed by atoms with Gasteiger partial charge >= 0.3 is 5.97 Å². The Morgan fingerprint density at radius 2 is 2.17 bits per heavy atom. The summed E-state index contributed by atoms with van der Waals surface area (Å²) < 4.78 is 10.2. The van der Waals surface area contributed by atoms with Gasteiger partial charge in [-0.25, -0.2) is 9.78 Å². The van der Waals surface area contributed by atoms with Crippen molar-refractivity contribution in [2.75, 3.05) is 19.1 Å². The molecule has 2 atom stereocenters. The molecule has 9 heteroatoms. The summed E-state index contributed by atoms with van der Waals surface area (Å²) in [5.41, 5.74) is 7.96. The van der Waals surface area contributed by atoms with E-state index < -0.39 is 17.9 Å². The number of rotatable bonds is 9. The molecule has 4 N–H and O–H groups in total. The zero-order chi connectivity index (χ0) is 20.8. The molecule has 0 bridgehead atoms. The number of ether oxygens (including phenoxy) is 1. The van der Waals surface area contributed by atoms with Gasteiger partial charge in [-0.2, -0.15) is 11.8 Å². The molecule has 0 saturated heterocycles. The number of nitrogens with two attached hydrogens (primary N) is 1. The number of H-pyrrole nitrogens is 1. The van der Waals surface area contributed by atoms with Gasteiger partial charge in [0.2, 0.25) is 5.89 Å². The van der Waals surface area contributed by atoms with E-state index in [0.29, 0.717) is 12.3 Å². The number of aromatic nitrogens is 2. The third-order valence-corrected chi connectivity index (χ3v) is 5.24. The van der Waals surface area contributed by atoms with Crippen molar-refractivity contribution < 1.29 is 18.7 Å². The van der Waals surface area contributed by atoms with Crippen LogP contribution in [0.5, 0.6) is 0 Å². The molecular weight excluding hydrogens is 392 g/mol. The molecule has 0 aliphatic rings. The van der Waals surface area contributed by atoms with Crippen molar-refractivity contribution in [1.82, 2.24) is 15.3 Å². The molecule has 0 aliphatic carbocycles. The van der Waals surface area contributed by atoms with E-state index in [2.05, 4.69) is 15.3 Å². The average molecular weight is 417 g/mol. The molecule has 3 aromatic rings.